The summed E-state index contributed by atoms with van der Waals surface area (Å²) in [5.41, 5.74) is 3.24. The molecule has 0 saturated heterocycles. The van der Waals surface area contributed by atoms with E-state index in [0.29, 0.717) is 41.2 Å². The van der Waals surface area contributed by atoms with Crippen LogP contribution in [0.25, 0.3) is 22.5 Å². The minimum atomic E-state index is 0.156. The Labute approximate surface area is 191 Å². The van der Waals surface area contributed by atoms with Gasteiger partial charge >= 0.3 is 0 Å². The maximum absolute atomic E-state index is 11.9. The third-order valence-electron chi connectivity index (χ3n) is 5.33. The van der Waals surface area contributed by atoms with Gasteiger partial charge in [-0.2, -0.15) is 0 Å². The molecular formula is C24H23Cl2N3O2. The van der Waals surface area contributed by atoms with Gasteiger partial charge in [0.2, 0.25) is 11.8 Å². The highest BCUT2D eigenvalue weighted by molar-refractivity contribution is 6.31. The van der Waals surface area contributed by atoms with Gasteiger partial charge in [0.1, 0.15) is 5.69 Å². The highest BCUT2D eigenvalue weighted by Crippen LogP contribution is 2.31. The predicted molar refractivity (Wildman–Crippen MR) is 123 cm³/mol. The minimum Gasteiger partial charge on any atom is -0.476 e. The first-order valence-electron chi connectivity index (χ1n) is 10.4. The topological polar surface area (TPSA) is 64.1 Å². The number of ether oxygens (including phenoxy) is 1. The van der Waals surface area contributed by atoms with Crippen molar-refractivity contribution < 1.29 is 9.53 Å². The summed E-state index contributed by atoms with van der Waals surface area (Å²) in [7, 11) is 0. The second-order valence-electron chi connectivity index (χ2n) is 7.54. The monoisotopic (exact) mass is 455 g/mol. The van der Waals surface area contributed by atoms with Gasteiger partial charge in [-0.25, -0.2) is 9.97 Å². The molecule has 160 valence electrons. The molecule has 0 bridgehead atoms. The van der Waals surface area contributed by atoms with Crippen molar-refractivity contribution in [2.24, 2.45) is 5.92 Å². The van der Waals surface area contributed by atoms with Crippen molar-refractivity contribution in [2.75, 3.05) is 13.2 Å². The molecule has 0 aliphatic heterocycles. The lowest BCUT2D eigenvalue weighted by molar-refractivity contribution is -0.127. The molecule has 1 aliphatic rings. The van der Waals surface area contributed by atoms with Crippen LogP contribution in [0.2, 0.25) is 10.0 Å². The number of hydrogen-bond acceptors (Lipinski definition) is 4. The van der Waals surface area contributed by atoms with Crippen molar-refractivity contribution in [3.05, 3.63) is 64.8 Å². The van der Waals surface area contributed by atoms with Crippen LogP contribution in [-0.4, -0.2) is 29.0 Å². The first kappa shape index (κ1) is 21.6. The van der Waals surface area contributed by atoms with Crippen molar-refractivity contribution in [1.82, 2.24) is 15.3 Å². The number of nitrogens with one attached hydrogen (secondary N) is 1. The molecule has 1 amide bonds. The van der Waals surface area contributed by atoms with E-state index in [1.54, 1.807) is 6.20 Å². The second-order valence-corrected chi connectivity index (χ2v) is 8.41. The van der Waals surface area contributed by atoms with Gasteiger partial charge in [0.15, 0.2) is 0 Å². The molecular weight excluding hydrogens is 433 g/mol. The van der Waals surface area contributed by atoms with E-state index in [0.717, 1.165) is 36.1 Å². The Morgan fingerprint density at radius 2 is 1.58 bits per heavy atom. The van der Waals surface area contributed by atoms with Crippen LogP contribution in [0.1, 0.15) is 25.7 Å². The summed E-state index contributed by atoms with van der Waals surface area (Å²) < 4.78 is 5.81. The Bertz CT molecular complexity index is 1040. The second kappa shape index (κ2) is 10.1. The van der Waals surface area contributed by atoms with E-state index in [1.165, 1.54) is 0 Å². The summed E-state index contributed by atoms with van der Waals surface area (Å²) in [5.74, 6) is 0.797. The standard InChI is InChI=1S/C24H23Cl2N3O2/c25-19-9-5-16(6-10-19)22-23(17-7-11-20(26)12-8-17)29-21(15-28-22)31-14-2-13-27-24(30)18-3-1-4-18/h5-12,15,18H,1-4,13-14H2,(H,27,30). The summed E-state index contributed by atoms with van der Waals surface area (Å²) in [4.78, 5) is 21.2. The van der Waals surface area contributed by atoms with Crippen LogP contribution < -0.4 is 10.1 Å². The van der Waals surface area contributed by atoms with Gasteiger partial charge in [0.25, 0.3) is 0 Å². The van der Waals surface area contributed by atoms with Crippen LogP contribution >= 0.6 is 23.2 Å². The van der Waals surface area contributed by atoms with Crippen molar-refractivity contribution in [3.8, 4) is 28.4 Å². The normalized spacial score (nSPS) is 13.5. The average molecular weight is 456 g/mol. The van der Waals surface area contributed by atoms with Gasteiger partial charge < -0.3 is 10.1 Å². The van der Waals surface area contributed by atoms with E-state index in [-0.39, 0.29) is 11.8 Å². The quantitative estimate of drug-likeness (QED) is 0.435. The van der Waals surface area contributed by atoms with E-state index in [1.807, 2.05) is 48.5 Å². The lowest BCUT2D eigenvalue weighted by Crippen LogP contribution is -2.35. The lowest BCUT2D eigenvalue weighted by atomic mass is 9.85. The molecule has 2 aromatic carbocycles. The zero-order valence-corrected chi connectivity index (χ0v) is 18.5. The SMILES string of the molecule is O=C(NCCCOc1cnc(-c2ccc(Cl)cc2)c(-c2ccc(Cl)cc2)n1)C1CCC1. The predicted octanol–water partition coefficient (Wildman–Crippen LogP) is 5.80. The maximum Gasteiger partial charge on any atom is 0.232 e. The minimum absolute atomic E-state index is 0.156. The van der Waals surface area contributed by atoms with E-state index in [2.05, 4.69) is 10.3 Å². The van der Waals surface area contributed by atoms with E-state index >= 15 is 0 Å². The Morgan fingerprint density at radius 3 is 2.16 bits per heavy atom. The molecule has 3 aromatic rings. The summed E-state index contributed by atoms with van der Waals surface area (Å²) in [5, 5.41) is 4.29. The lowest BCUT2D eigenvalue weighted by Gasteiger charge is -2.23. The molecule has 7 heteroatoms. The molecule has 1 heterocycles. The highest BCUT2D eigenvalue weighted by atomic mass is 35.5. The Hall–Kier alpha value is -2.63. The van der Waals surface area contributed by atoms with Crippen LogP contribution in [0.5, 0.6) is 5.88 Å². The molecule has 0 atom stereocenters. The number of aromatic nitrogens is 2. The fraction of sp³-hybridized carbons (Fsp3) is 0.292. The fourth-order valence-electron chi connectivity index (χ4n) is 3.35. The summed E-state index contributed by atoms with van der Waals surface area (Å²) in [6.07, 6.45) is 5.49. The maximum atomic E-state index is 11.9. The molecule has 1 aromatic heterocycles. The molecule has 5 nitrogen and oxygen atoms in total. The molecule has 0 unspecified atom stereocenters. The van der Waals surface area contributed by atoms with Gasteiger partial charge in [0, 0.05) is 33.6 Å². The molecule has 4 rings (SSSR count). The molecule has 1 N–H and O–H groups in total. The van der Waals surface area contributed by atoms with Gasteiger partial charge in [-0.05, 0) is 43.5 Å². The van der Waals surface area contributed by atoms with Crippen LogP contribution in [0.15, 0.2) is 54.7 Å². The molecule has 1 aliphatic carbocycles. The Morgan fingerprint density at radius 1 is 0.968 bits per heavy atom. The summed E-state index contributed by atoms with van der Waals surface area (Å²) in [6, 6.07) is 14.9. The number of hydrogen-bond donors (Lipinski definition) is 1. The number of rotatable bonds is 8. The summed E-state index contributed by atoms with van der Waals surface area (Å²) >= 11 is 12.1. The van der Waals surface area contributed by atoms with Crippen LogP contribution in [0.3, 0.4) is 0 Å². The Kier molecular flexibility index (Phi) is 7.05. The third kappa shape index (κ3) is 5.54. The number of halogens is 2. The molecule has 0 spiro atoms. The average Bonchev–Trinajstić information content (AvgIpc) is 2.73. The Balaban J connectivity index is 1.46. The van der Waals surface area contributed by atoms with Gasteiger partial charge in [-0.1, -0.05) is 53.9 Å². The third-order valence-corrected chi connectivity index (χ3v) is 5.84. The van der Waals surface area contributed by atoms with Crippen molar-refractivity contribution in [3.63, 3.8) is 0 Å². The number of carbonyl (C=O) groups excluding carboxylic acids is 1. The van der Waals surface area contributed by atoms with Crippen LogP contribution in [-0.2, 0) is 4.79 Å². The number of carbonyl (C=O) groups is 1. The molecule has 0 radical (unpaired) electrons. The first-order chi connectivity index (χ1) is 15.1. The van der Waals surface area contributed by atoms with Gasteiger partial charge in [0.05, 0.1) is 18.5 Å². The molecule has 31 heavy (non-hydrogen) atoms. The van der Waals surface area contributed by atoms with Gasteiger partial charge in [-0.3, -0.25) is 4.79 Å². The first-order valence-corrected chi connectivity index (χ1v) is 11.1. The van der Waals surface area contributed by atoms with Gasteiger partial charge in [-0.15, -0.1) is 0 Å². The van der Waals surface area contributed by atoms with E-state index in [9.17, 15) is 4.79 Å². The number of amides is 1. The number of nitrogens with zero attached hydrogens (tertiary/aromatic N) is 2. The zero-order chi connectivity index (χ0) is 21.6. The van der Waals surface area contributed by atoms with E-state index < -0.39 is 0 Å². The fourth-order valence-corrected chi connectivity index (χ4v) is 3.60. The highest BCUT2D eigenvalue weighted by Gasteiger charge is 2.24. The molecule has 1 saturated carbocycles. The van der Waals surface area contributed by atoms with Crippen molar-refractivity contribution in [1.29, 1.82) is 0 Å². The summed E-state index contributed by atoms with van der Waals surface area (Å²) in [6.45, 7) is 1.04. The zero-order valence-electron chi connectivity index (χ0n) is 17.0. The van der Waals surface area contributed by atoms with Crippen molar-refractivity contribution >= 4 is 29.1 Å². The van der Waals surface area contributed by atoms with Crippen LogP contribution in [0, 0.1) is 5.92 Å². The van der Waals surface area contributed by atoms with Crippen molar-refractivity contribution in [2.45, 2.75) is 25.7 Å². The molecule has 1 fully saturated rings. The van der Waals surface area contributed by atoms with E-state index in [4.69, 9.17) is 32.9 Å². The number of benzene rings is 2. The smallest absolute Gasteiger partial charge is 0.232 e. The largest absolute Gasteiger partial charge is 0.476 e. The van der Waals surface area contributed by atoms with Crippen LogP contribution in [0.4, 0.5) is 0 Å².